The van der Waals surface area contributed by atoms with Crippen LogP contribution in [0.3, 0.4) is 0 Å². The van der Waals surface area contributed by atoms with E-state index in [1.165, 1.54) is 13.8 Å². The van der Waals surface area contributed by atoms with Crippen molar-refractivity contribution in [1.29, 1.82) is 0 Å². The van der Waals surface area contributed by atoms with E-state index in [9.17, 15) is 17.6 Å². The van der Waals surface area contributed by atoms with Crippen LogP contribution in [0.1, 0.15) is 13.8 Å². The number of carbonyl (C=O) groups excluding carboxylic acids is 1. The average Bonchev–Trinajstić information content (AvgIpc) is 2.68. The molecule has 0 aromatic heterocycles. The molecule has 0 heterocycles. The first-order valence-electron chi connectivity index (χ1n) is 8.71. The number of nitrogens with one attached hydrogen (secondary N) is 2. The zero-order valence-electron chi connectivity index (χ0n) is 15.6. The number of hydrogen-bond donors (Lipinski definition) is 2. The van der Waals surface area contributed by atoms with Gasteiger partial charge < -0.3 is 5.32 Å². The Kier molecular flexibility index (Phi) is 5.38. The number of halogens is 1. The lowest BCUT2D eigenvalue weighted by Gasteiger charge is -2.19. The lowest BCUT2D eigenvalue weighted by molar-refractivity contribution is -0.124. The van der Waals surface area contributed by atoms with E-state index in [0.29, 0.717) is 16.8 Å². The lowest BCUT2D eigenvalue weighted by atomic mass is 9.94. The van der Waals surface area contributed by atoms with Gasteiger partial charge in [-0.1, -0.05) is 36.4 Å². The highest BCUT2D eigenvalue weighted by molar-refractivity contribution is 7.93. The van der Waals surface area contributed by atoms with Crippen LogP contribution in [0.2, 0.25) is 0 Å². The molecule has 7 heteroatoms. The van der Waals surface area contributed by atoms with Crippen LogP contribution in [-0.4, -0.2) is 21.0 Å². The van der Waals surface area contributed by atoms with Gasteiger partial charge in [-0.3, -0.25) is 9.52 Å². The third-order valence-electron chi connectivity index (χ3n) is 4.38. The molecule has 0 aliphatic carbocycles. The van der Waals surface area contributed by atoms with Crippen molar-refractivity contribution in [2.24, 2.45) is 5.41 Å². The molecule has 28 heavy (non-hydrogen) atoms. The third kappa shape index (κ3) is 4.14. The van der Waals surface area contributed by atoms with Crippen LogP contribution in [0.5, 0.6) is 0 Å². The van der Waals surface area contributed by atoms with E-state index < -0.39 is 28.0 Å². The first-order valence-corrected chi connectivity index (χ1v) is 10.2. The van der Waals surface area contributed by atoms with Crippen molar-refractivity contribution in [1.82, 2.24) is 0 Å². The molecule has 0 atom stereocenters. The number of hydrogen-bond acceptors (Lipinski definition) is 3. The minimum atomic E-state index is -3.79. The molecule has 0 bridgehead atoms. The van der Waals surface area contributed by atoms with Gasteiger partial charge in [-0.15, -0.1) is 0 Å². The predicted octanol–water partition coefficient (Wildman–Crippen LogP) is 4.57. The summed E-state index contributed by atoms with van der Waals surface area (Å²) in [6.07, 6.45) is 0. The van der Waals surface area contributed by atoms with Crippen molar-refractivity contribution in [3.05, 3.63) is 66.7 Å². The standard InChI is InChI=1S/C21H21FN2O3S/c1-21(2,14-22)20(25)23-16-10-12-17(13-11-16)24-28(26,27)19-9-5-7-15-6-3-4-8-18(15)19/h3-13,24H,14H2,1-2H3,(H,23,25). The largest absolute Gasteiger partial charge is 0.326 e. The van der Waals surface area contributed by atoms with Crippen molar-refractivity contribution in [3.63, 3.8) is 0 Å². The monoisotopic (exact) mass is 400 g/mol. The molecule has 0 saturated heterocycles. The summed E-state index contributed by atoms with van der Waals surface area (Å²) in [7, 11) is -3.79. The van der Waals surface area contributed by atoms with Crippen LogP contribution < -0.4 is 10.0 Å². The molecule has 2 N–H and O–H groups in total. The van der Waals surface area contributed by atoms with Crippen LogP contribution in [0.4, 0.5) is 15.8 Å². The molecule has 0 radical (unpaired) electrons. The van der Waals surface area contributed by atoms with E-state index >= 15 is 0 Å². The number of benzene rings is 3. The van der Waals surface area contributed by atoms with Gasteiger partial charge in [0.2, 0.25) is 5.91 Å². The second-order valence-corrected chi connectivity index (χ2v) is 8.78. The van der Waals surface area contributed by atoms with E-state index in [2.05, 4.69) is 10.0 Å². The molecule has 0 aliphatic heterocycles. The highest BCUT2D eigenvalue weighted by Crippen LogP contribution is 2.26. The van der Waals surface area contributed by atoms with Crippen molar-refractivity contribution in [3.8, 4) is 0 Å². The van der Waals surface area contributed by atoms with Gasteiger partial charge in [0.1, 0.15) is 6.67 Å². The van der Waals surface area contributed by atoms with Gasteiger partial charge in [0, 0.05) is 16.8 Å². The van der Waals surface area contributed by atoms with Gasteiger partial charge in [-0.25, -0.2) is 12.8 Å². The molecule has 0 spiro atoms. The van der Waals surface area contributed by atoms with E-state index in [1.54, 1.807) is 48.5 Å². The molecule has 0 unspecified atom stereocenters. The Balaban J connectivity index is 1.81. The van der Waals surface area contributed by atoms with Crippen LogP contribution in [0.15, 0.2) is 71.6 Å². The number of rotatable bonds is 6. The zero-order valence-corrected chi connectivity index (χ0v) is 16.4. The maximum atomic E-state index is 12.9. The summed E-state index contributed by atoms with van der Waals surface area (Å²) in [5.74, 6) is -0.445. The van der Waals surface area contributed by atoms with Crippen LogP contribution in [-0.2, 0) is 14.8 Å². The fraction of sp³-hybridized carbons (Fsp3) is 0.190. The van der Waals surface area contributed by atoms with Crippen LogP contribution in [0, 0.1) is 5.41 Å². The summed E-state index contributed by atoms with van der Waals surface area (Å²) < 4.78 is 41.1. The minimum absolute atomic E-state index is 0.188. The molecule has 3 rings (SSSR count). The van der Waals surface area contributed by atoms with Crippen molar-refractivity contribution < 1.29 is 17.6 Å². The Labute approximate surface area is 163 Å². The van der Waals surface area contributed by atoms with Gasteiger partial charge >= 0.3 is 0 Å². The van der Waals surface area contributed by atoms with Crippen LogP contribution in [0.25, 0.3) is 10.8 Å². The van der Waals surface area contributed by atoms with E-state index in [4.69, 9.17) is 0 Å². The fourth-order valence-electron chi connectivity index (χ4n) is 2.62. The van der Waals surface area contributed by atoms with Crippen LogP contribution >= 0.6 is 0 Å². The molecule has 146 valence electrons. The molecular formula is C21H21FN2O3S. The molecule has 3 aromatic rings. The molecular weight excluding hydrogens is 379 g/mol. The van der Waals surface area contributed by atoms with Crippen molar-refractivity contribution in [2.75, 3.05) is 16.7 Å². The minimum Gasteiger partial charge on any atom is -0.326 e. The highest BCUT2D eigenvalue weighted by atomic mass is 32.2. The van der Waals surface area contributed by atoms with E-state index in [0.717, 1.165) is 5.39 Å². The molecule has 0 aliphatic rings. The zero-order chi connectivity index (χ0) is 20.4. The quantitative estimate of drug-likeness (QED) is 0.636. The maximum absolute atomic E-state index is 12.9. The third-order valence-corrected chi connectivity index (χ3v) is 5.82. The van der Waals surface area contributed by atoms with Gasteiger partial charge in [0.15, 0.2) is 0 Å². The molecule has 5 nitrogen and oxygen atoms in total. The van der Waals surface area contributed by atoms with Crippen molar-refractivity contribution >= 4 is 38.1 Å². The second kappa shape index (κ2) is 7.59. The summed E-state index contributed by atoms with van der Waals surface area (Å²) in [4.78, 5) is 12.2. The van der Waals surface area contributed by atoms with Gasteiger partial charge in [0.05, 0.1) is 10.3 Å². The Morgan fingerprint density at radius 1 is 0.929 bits per heavy atom. The van der Waals surface area contributed by atoms with E-state index in [1.807, 2.05) is 18.2 Å². The van der Waals surface area contributed by atoms with Gasteiger partial charge in [0.25, 0.3) is 10.0 Å². The summed E-state index contributed by atoms with van der Waals surface area (Å²) in [5.41, 5.74) is -0.315. The number of carbonyl (C=O) groups is 1. The topological polar surface area (TPSA) is 75.3 Å². The highest BCUT2D eigenvalue weighted by Gasteiger charge is 2.27. The SMILES string of the molecule is CC(C)(CF)C(=O)Nc1ccc(NS(=O)(=O)c2cccc3ccccc23)cc1. The molecule has 0 fully saturated rings. The maximum Gasteiger partial charge on any atom is 0.262 e. The molecule has 1 amide bonds. The summed E-state index contributed by atoms with van der Waals surface area (Å²) in [6, 6.07) is 18.6. The number of amides is 1. The summed E-state index contributed by atoms with van der Waals surface area (Å²) in [6.45, 7) is 2.24. The number of sulfonamides is 1. The lowest BCUT2D eigenvalue weighted by Crippen LogP contribution is -2.32. The Hall–Kier alpha value is -2.93. The smallest absolute Gasteiger partial charge is 0.262 e. The number of anilines is 2. The number of alkyl halides is 1. The predicted molar refractivity (Wildman–Crippen MR) is 110 cm³/mol. The average molecular weight is 400 g/mol. The Bertz CT molecular complexity index is 1100. The van der Waals surface area contributed by atoms with Crippen molar-refractivity contribution in [2.45, 2.75) is 18.7 Å². The Morgan fingerprint density at radius 2 is 1.54 bits per heavy atom. The fourth-order valence-corrected chi connectivity index (χ4v) is 3.91. The Morgan fingerprint density at radius 3 is 2.21 bits per heavy atom. The first kappa shape index (κ1) is 19.8. The summed E-state index contributed by atoms with van der Waals surface area (Å²) >= 11 is 0. The van der Waals surface area contributed by atoms with E-state index in [-0.39, 0.29) is 4.90 Å². The second-order valence-electron chi connectivity index (χ2n) is 7.13. The van der Waals surface area contributed by atoms with Gasteiger partial charge in [-0.2, -0.15) is 0 Å². The number of fused-ring (bicyclic) bond motifs is 1. The summed E-state index contributed by atoms with van der Waals surface area (Å²) in [5, 5.41) is 4.09. The molecule has 0 saturated carbocycles. The normalized spacial score (nSPS) is 12.0. The molecule has 3 aromatic carbocycles. The first-order chi connectivity index (χ1) is 13.2. The van der Waals surface area contributed by atoms with Gasteiger partial charge in [-0.05, 0) is 49.6 Å².